The van der Waals surface area contributed by atoms with Gasteiger partial charge in [0.2, 0.25) is 0 Å². The maximum Gasteiger partial charge on any atom is 0 e. The molecular weight excluding hydrogens is 181 g/mol. The summed E-state index contributed by atoms with van der Waals surface area (Å²) in [4.78, 5) is 0. The minimum absolute atomic E-state index is 0. The molecule has 3 radical (unpaired) electrons. The second-order valence-electron chi connectivity index (χ2n) is 0. The number of hydrogen-bond donors (Lipinski definition) is 0. The van der Waals surface area contributed by atoms with E-state index >= 15 is 0 Å². The molecule has 0 nitrogen and oxygen atoms in total. The van der Waals surface area contributed by atoms with E-state index in [0.717, 1.165) is 0 Å². The van der Waals surface area contributed by atoms with Crippen molar-refractivity contribution in [1.29, 1.82) is 0 Å². The molecule has 0 unspecified atom stereocenters. The Balaban J connectivity index is 0. The summed E-state index contributed by atoms with van der Waals surface area (Å²) in [6, 6.07) is 0. The molecule has 4 heavy (non-hydrogen) atoms. The summed E-state index contributed by atoms with van der Waals surface area (Å²) in [6.07, 6.45) is 0. The van der Waals surface area contributed by atoms with Crippen LogP contribution in [0.25, 0.3) is 0 Å². The van der Waals surface area contributed by atoms with Crippen molar-refractivity contribution in [3.63, 3.8) is 0 Å². The average Bonchev–Trinajstić information content (AvgIpc) is 0. The van der Waals surface area contributed by atoms with E-state index < -0.39 is 0 Å². The first kappa shape index (κ1) is 52.2. The van der Waals surface area contributed by atoms with Gasteiger partial charge < -0.3 is 0 Å². The normalized spacial score (nSPS) is 0. The molecule has 0 heterocycles. The zero-order valence-corrected chi connectivity index (χ0v) is 6.00. The largest absolute Gasteiger partial charge is 0.147 e. The second kappa shape index (κ2) is 25.5. The Kier molecular flexibility index (Phi) is 333. The summed E-state index contributed by atoms with van der Waals surface area (Å²) in [5, 5.41) is 0. The molecule has 0 atom stereocenters. The molecule has 0 aromatic carbocycles. The van der Waals surface area contributed by atoms with Gasteiger partial charge in [-0.05, 0) is 0 Å². The van der Waals surface area contributed by atoms with Gasteiger partial charge in [0, 0.05) is 19.4 Å². The predicted octanol–water partition coefficient (Wildman–Crippen LogP) is 1.13. The van der Waals surface area contributed by atoms with E-state index in [1.54, 1.807) is 0 Å². The maximum absolute atomic E-state index is 0. The topological polar surface area (TPSA) is 0 Å². The van der Waals surface area contributed by atoms with Crippen molar-refractivity contribution in [3.05, 3.63) is 0 Å². The Morgan fingerprint density at radius 1 is 0.750 bits per heavy atom. The number of rotatable bonds is 0. The van der Waals surface area contributed by atoms with Crippen molar-refractivity contribution in [2.75, 3.05) is 0 Å². The van der Waals surface area contributed by atoms with Crippen molar-refractivity contribution < 1.29 is 1.43 Å². The predicted molar refractivity (Wildman–Crippen MR) is 29.6 cm³/mol. The summed E-state index contributed by atoms with van der Waals surface area (Å²) < 4.78 is 0. The molecule has 31 valence electrons. The van der Waals surface area contributed by atoms with E-state index in [-0.39, 0.29) is 56.6 Å². The Bertz CT molecular complexity index is 6.85. The van der Waals surface area contributed by atoms with Crippen LogP contribution in [0.1, 0.15) is 1.43 Å². The summed E-state index contributed by atoms with van der Waals surface area (Å²) in [5.41, 5.74) is 0. The van der Waals surface area contributed by atoms with E-state index in [4.69, 9.17) is 0 Å². The van der Waals surface area contributed by atoms with Crippen LogP contribution in [0.4, 0.5) is 0 Å². The minimum atomic E-state index is 0. The SMILES string of the molecule is Cl.Cl.Cl.[As].[HH]. The first-order valence-electron chi connectivity index (χ1n) is 0. The Hall–Kier alpha value is 1.43. The smallest absolute Gasteiger partial charge is 0 e. The summed E-state index contributed by atoms with van der Waals surface area (Å²) in [7, 11) is 0. The average molecular weight is 186 g/mol. The summed E-state index contributed by atoms with van der Waals surface area (Å²) in [5.74, 6) is 0. The molecule has 0 spiro atoms. The van der Waals surface area contributed by atoms with Crippen molar-refractivity contribution in [3.8, 4) is 0 Å². The molecule has 0 saturated heterocycles. The first-order valence-corrected chi connectivity index (χ1v) is 0. The molecule has 0 bridgehead atoms. The third-order valence-electron chi connectivity index (χ3n) is 0. The monoisotopic (exact) mass is 185 g/mol. The number of hydrogen-bond acceptors (Lipinski definition) is 0. The first-order chi connectivity index (χ1) is 0. The van der Waals surface area contributed by atoms with Crippen molar-refractivity contribution in [1.82, 2.24) is 0 Å². The van der Waals surface area contributed by atoms with Crippen LogP contribution < -0.4 is 0 Å². The Morgan fingerprint density at radius 2 is 0.750 bits per heavy atom. The fraction of sp³-hybridized carbons (Fsp3) is 0. The van der Waals surface area contributed by atoms with Gasteiger partial charge in [-0.2, -0.15) is 0 Å². The molecule has 4 heteroatoms. The standard InChI is InChI=1S/As.3ClH.H2/h;4*1H. The van der Waals surface area contributed by atoms with E-state index in [1.165, 1.54) is 0 Å². The van der Waals surface area contributed by atoms with E-state index in [2.05, 4.69) is 0 Å². The van der Waals surface area contributed by atoms with E-state index in [9.17, 15) is 0 Å². The molecule has 0 aromatic heterocycles. The van der Waals surface area contributed by atoms with Crippen LogP contribution in [0.5, 0.6) is 0 Å². The third-order valence-corrected chi connectivity index (χ3v) is 0. The van der Waals surface area contributed by atoms with Crippen molar-refractivity contribution >= 4 is 55.2 Å². The molecule has 0 aromatic rings. The Morgan fingerprint density at radius 3 is 0.750 bits per heavy atom. The van der Waals surface area contributed by atoms with Crippen LogP contribution in [0.3, 0.4) is 0 Å². The van der Waals surface area contributed by atoms with Gasteiger partial charge in [-0.25, -0.2) is 0 Å². The van der Waals surface area contributed by atoms with Gasteiger partial charge in [0.1, 0.15) is 0 Å². The van der Waals surface area contributed by atoms with Gasteiger partial charge in [0.25, 0.3) is 0 Å². The third kappa shape index (κ3) is 9.91. The van der Waals surface area contributed by atoms with E-state index in [1.807, 2.05) is 0 Å². The minimum Gasteiger partial charge on any atom is -0.147 e. The second-order valence-corrected chi connectivity index (χ2v) is 0. The van der Waals surface area contributed by atoms with Crippen LogP contribution >= 0.6 is 37.2 Å². The zero-order valence-electron chi connectivity index (χ0n) is 1.67. The van der Waals surface area contributed by atoms with Crippen LogP contribution in [0.15, 0.2) is 0 Å². The maximum atomic E-state index is 0. The van der Waals surface area contributed by atoms with Crippen molar-refractivity contribution in [2.24, 2.45) is 0 Å². The van der Waals surface area contributed by atoms with Crippen LogP contribution in [0, 0.1) is 0 Å². The van der Waals surface area contributed by atoms with Crippen molar-refractivity contribution in [2.45, 2.75) is 0 Å². The molecule has 0 aliphatic rings. The number of halogens is 3. The Labute approximate surface area is 56.7 Å². The zero-order chi connectivity index (χ0) is 0. The molecule has 0 fully saturated rings. The van der Waals surface area contributed by atoms with Gasteiger partial charge in [0.05, 0.1) is 0 Å². The molecule has 0 saturated carbocycles. The van der Waals surface area contributed by atoms with Crippen LogP contribution in [-0.4, -0.2) is 18.0 Å². The molecular formula is H5AsCl3. The van der Waals surface area contributed by atoms with Crippen LogP contribution in [0.2, 0.25) is 0 Å². The van der Waals surface area contributed by atoms with E-state index in [0.29, 0.717) is 0 Å². The molecule has 0 aliphatic carbocycles. The summed E-state index contributed by atoms with van der Waals surface area (Å²) in [6.45, 7) is 0. The van der Waals surface area contributed by atoms with Gasteiger partial charge in [-0.3, -0.25) is 0 Å². The van der Waals surface area contributed by atoms with Gasteiger partial charge >= 0.3 is 0 Å². The quantitative estimate of drug-likeness (QED) is 0.498. The fourth-order valence-corrected chi connectivity index (χ4v) is 0. The van der Waals surface area contributed by atoms with Gasteiger partial charge in [-0.15, -0.1) is 37.2 Å². The fourth-order valence-electron chi connectivity index (χ4n) is 0. The molecule has 0 N–H and O–H groups in total. The molecule has 0 aliphatic heterocycles. The van der Waals surface area contributed by atoms with Crippen LogP contribution in [-0.2, 0) is 0 Å². The van der Waals surface area contributed by atoms with Gasteiger partial charge in [-0.1, -0.05) is 0 Å². The molecule has 0 rings (SSSR count). The van der Waals surface area contributed by atoms with Gasteiger partial charge in [0.15, 0.2) is 0 Å². The molecule has 0 amide bonds. The summed E-state index contributed by atoms with van der Waals surface area (Å²) >= 11 is 0.